The second-order valence-corrected chi connectivity index (χ2v) is 5.28. The molecule has 0 aromatic heterocycles. The van der Waals surface area contributed by atoms with Gasteiger partial charge in [-0.2, -0.15) is 0 Å². The number of aliphatic hydroxyl groups is 1. The summed E-state index contributed by atoms with van der Waals surface area (Å²) in [5, 5.41) is 19.6. The third-order valence-electron chi connectivity index (χ3n) is 3.73. The van der Waals surface area contributed by atoms with Crippen LogP contribution in [0.1, 0.15) is 38.9 Å². The number of morpholine rings is 1. The largest absolute Gasteiger partial charge is 0.507 e. The molecule has 0 radical (unpaired) electrons. The first kappa shape index (κ1) is 14.2. The van der Waals surface area contributed by atoms with Crippen LogP contribution in [0.25, 0.3) is 0 Å². The first-order valence-corrected chi connectivity index (χ1v) is 6.92. The number of hydrogen-bond acceptors (Lipinski definition) is 4. The summed E-state index contributed by atoms with van der Waals surface area (Å²) in [6.07, 6.45) is 0.548. The highest BCUT2D eigenvalue weighted by atomic mass is 16.5. The van der Waals surface area contributed by atoms with E-state index in [1.807, 2.05) is 6.07 Å². The van der Waals surface area contributed by atoms with Gasteiger partial charge in [0.25, 0.3) is 0 Å². The van der Waals surface area contributed by atoms with Crippen LogP contribution in [0.4, 0.5) is 5.69 Å². The SMILES string of the molecule is CCC1COC(C)CN1c1ccc(C(C)O)c(O)c1. The van der Waals surface area contributed by atoms with E-state index < -0.39 is 6.10 Å². The summed E-state index contributed by atoms with van der Waals surface area (Å²) in [5.74, 6) is 0.154. The van der Waals surface area contributed by atoms with Crippen molar-refractivity contribution in [1.82, 2.24) is 0 Å². The lowest BCUT2D eigenvalue weighted by atomic mass is 10.1. The van der Waals surface area contributed by atoms with Crippen LogP contribution in [0, 0.1) is 0 Å². The molecule has 19 heavy (non-hydrogen) atoms. The van der Waals surface area contributed by atoms with Gasteiger partial charge >= 0.3 is 0 Å². The van der Waals surface area contributed by atoms with E-state index in [9.17, 15) is 10.2 Å². The van der Waals surface area contributed by atoms with Gasteiger partial charge in [-0.05, 0) is 26.3 Å². The van der Waals surface area contributed by atoms with Gasteiger partial charge in [0.2, 0.25) is 0 Å². The average Bonchev–Trinajstić information content (AvgIpc) is 2.38. The van der Waals surface area contributed by atoms with E-state index in [4.69, 9.17) is 4.74 Å². The Kier molecular flexibility index (Phi) is 4.32. The number of anilines is 1. The lowest BCUT2D eigenvalue weighted by molar-refractivity contribution is 0.0299. The zero-order valence-electron chi connectivity index (χ0n) is 11.8. The van der Waals surface area contributed by atoms with Gasteiger partial charge in [0.1, 0.15) is 5.75 Å². The Bertz CT molecular complexity index is 433. The topological polar surface area (TPSA) is 52.9 Å². The average molecular weight is 265 g/mol. The van der Waals surface area contributed by atoms with Crippen LogP contribution in [0.3, 0.4) is 0 Å². The molecule has 106 valence electrons. The van der Waals surface area contributed by atoms with Gasteiger partial charge in [0.15, 0.2) is 0 Å². The van der Waals surface area contributed by atoms with E-state index in [1.165, 1.54) is 0 Å². The van der Waals surface area contributed by atoms with E-state index in [-0.39, 0.29) is 11.9 Å². The predicted octanol–water partition coefficient (Wildman–Crippen LogP) is 2.45. The first-order valence-electron chi connectivity index (χ1n) is 6.92. The molecule has 1 aromatic rings. The fraction of sp³-hybridized carbons (Fsp3) is 0.600. The number of nitrogens with zero attached hydrogens (tertiary/aromatic N) is 1. The molecular weight excluding hydrogens is 242 g/mol. The molecule has 4 heteroatoms. The lowest BCUT2D eigenvalue weighted by Crippen LogP contribution is -2.48. The number of ether oxygens (including phenoxy) is 1. The molecule has 1 heterocycles. The summed E-state index contributed by atoms with van der Waals surface area (Å²) in [5.41, 5.74) is 1.56. The van der Waals surface area contributed by atoms with Crippen LogP contribution in [0.2, 0.25) is 0 Å². The van der Waals surface area contributed by atoms with Crippen LogP contribution in [0.15, 0.2) is 18.2 Å². The van der Waals surface area contributed by atoms with Gasteiger partial charge in [-0.1, -0.05) is 13.0 Å². The van der Waals surface area contributed by atoms with Crippen molar-refractivity contribution in [1.29, 1.82) is 0 Å². The van der Waals surface area contributed by atoms with E-state index in [1.54, 1.807) is 19.1 Å². The molecule has 0 saturated carbocycles. The number of rotatable bonds is 3. The number of aliphatic hydroxyl groups excluding tert-OH is 1. The highest BCUT2D eigenvalue weighted by Gasteiger charge is 2.26. The van der Waals surface area contributed by atoms with Gasteiger partial charge in [-0.25, -0.2) is 0 Å². The van der Waals surface area contributed by atoms with Gasteiger partial charge in [-0.3, -0.25) is 0 Å². The molecule has 1 fully saturated rings. The Labute approximate surface area is 114 Å². The molecule has 0 bridgehead atoms. The third kappa shape index (κ3) is 3.01. The standard InChI is InChI=1S/C15H23NO3/c1-4-12-9-19-10(2)8-16(12)13-5-6-14(11(3)17)15(18)7-13/h5-7,10-12,17-18H,4,8-9H2,1-3H3. The van der Waals surface area contributed by atoms with Crippen molar-refractivity contribution in [3.05, 3.63) is 23.8 Å². The maximum Gasteiger partial charge on any atom is 0.123 e. The summed E-state index contributed by atoms with van der Waals surface area (Å²) in [4.78, 5) is 2.28. The first-order chi connectivity index (χ1) is 9.02. The van der Waals surface area contributed by atoms with Crippen molar-refractivity contribution in [2.24, 2.45) is 0 Å². The van der Waals surface area contributed by atoms with Gasteiger partial charge in [0, 0.05) is 23.9 Å². The second-order valence-electron chi connectivity index (χ2n) is 5.28. The molecule has 0 amide bonds. The predicted molar refractivity (Wildman–Crippen MR) is 75.6 cm³/mol. The van der Waals surface area contributed by atoms with Crippen molar-refractivity contribution in [2.75, 3.05) is 18.1 Å². The quantitative estimate of drug-likeness (QED) is 0.881. The van der Waals surface area contributed by atoms with Gasteiger partial charge < -0.3 is 19.8 Å². The zero-order chi connectivity index (χ0) is 14.0. The molecule has 0 spiro atoms. The van der Waals surface area contributed by atoms with Crippen molar-refractivity contribution in [3.63, 3.8) is 0 Å². The summed E-state index contributed by atoms with van der Waals surface area (Å²) in [6, 6.07) is 5.83. The Morgan fingerprint density at radius 2 is 2.21 bits per heavy atom. The van der Waals surface area contributed by atoms with E-state index >= 15 is 0 Å². The Morgan fingerprint density at radius 1 is 1.47 bits per heavy atom. The molecule has 1 aliphatic heterocycles. The highest BCUT2D eigenvalue weighted by Crippen LogP contribution is 2.31. The van der Waals surface area contributed by atoms with Crippen molar-refractivity contribution >= 4 is 5.69 Å². The van der Waals surface area contributed by atoms with Gasteiger partial charge in [0.05, 0.1) is 24.9 Å². The highest BCUT2D eigenvalue weighted by molar-refractivity contribution is 5.55. The minimum atomic E-state index is -0.653. The molecule has 3 atom stereocenters. The summed E-state index contributed by atoms with van der Waals surface area (Å²) >= 11 is 0. The summed E-state index contributed by atoms with van der Waals surface area (Å²) in [7, 11) is 0. The van der Waals surface area contributed by atoms with Crippen molar-refractivity contribution < 1.29 is 14.9 Å². The molecule has 2 rings (SSSR count). The van der Waals surface area contributed by atoms with Crippen LogP contribution in [-0.4, -0.2) is 35.5 Å². The molecule has 1 saturated heterocycles. The molecule has 3 unspecified atom stereocenters. The maximum atomic E-state index is 10.00. The summed E-state index contributed by atoms with van der Waals surface area (Å²) in [6.45, 7) is 7.40. The van der Waals surface area contributed by atoms with Crippen molar-refractivity contribution in [3.8, 4) is 5.75 Å². The molecule has 2 N–H and O–H groups in total. The van der Waals surface area contributed by atoms with E-state index in [2.05, 4.69) is 18.7 Å². The van der Waals surface area contributed by atoms with Crippen LogP contribution in [-0.2, 0) is 4.74 Å². The van der Waals surface area contributed by atoms with E-state index in [0.717, 1.165) is 25.3 Å². The number of phenols is 1. The Morgan fingerprint density at radius 3 is 2.79 bits per heavy atom. The third-order valence-corrected chi connectivity index (χ3v) is 3.73. The molecule has 1 aliphatic rings. The van der Waals surface area contributed by atoms with Crippen LogP contribution < -0.4 is 4.90 Å². The normalized spacial score (nSPS) is 25.4. The number of aromatic hydroxyl groups is 1. The fourth-order valence-corrected chi connectivity index (χ4v) is 2.56. The summed E-state index contributed by atoms with van der Waals surface area (Å²) < 4.78 is 5.68. The number of hydrogen-bond donors (Lipinski definition) is 2. The maximum absolute atomic E-state index is 10.00. The van der Waals surface area contributed by atoms with E-state index in [0.29, 0.717) is 11.6 Å². The zero-order valence-corrected chi connectivity index (χ0v) is 11.8. The minimum Gasteiger partial charge on any atom is -0.507 e. The van der Waals surface area contributed by atoms with Gasteiger partial charge in [-0.15, -0.1) is 0 Å². The Hall–Kier alpha value is -1.26. The lowest BCUT2D eigenvalue weighted by Gasteiger charge is -2.40. The number of benzene rings is 1. The molecular formula is C15H23NO3. The van der Waals surface area contributed by atoms with Crippen LogP contribution in [0.5, 0.6) is 5.75 Å². The van der Waals surface area contributed by atoms with Crippen LogP contribution >= 0.6 is 0 Å². The minimum absolute atomic E-state index is 0.154. The molecule has 0 aliphatic carbocycles. The Balaban J connectivity index is 2.26. The molecule has 4 nitrogen and oxygen atoms in total. The second kappa shape index (κ2) is 5.80. The fourth-order valence-electron chi connectivity index (χ4n) is 2.56. The van der Waals surface area contributed by atoms with Crippen molar-refractivity contribution in [2.45, 2.75) is 45.4 Å². The molecule has 1 aromatic carbocycles. The number of phenolic OH excluding ortho intramolecular Hbond substituents is 1. The monoisotopic (exact) mass is 265 g/mol. The smallest absolute Gasteiger partial charge is 0.123 e.